The van der Waals surface area contributed by atoms with Gasteiger partial charge in [-0.25, -0.2) is 13.1 Å². The van der Waals surface area contributed by atoms with Crippen LogP contribution in [-0.4, -0.2) is 51.5 Å². The Morgan fingerprint density at radius 1 is 1.38 bits per heavy atom. The van der Waals surface area contributed by atoms with E-state index in [1.807, 2.05) is 6.92 Å². The molecule has 0 radical (unpaired) electrons. The Morgan fingerprint density at radius 2 is 2.10 bits per heavy atom. The Bertz CT molecular complexity index is 554. The number of rotatable bonds is 6. The highest BCUT2D eigenvalue weighted by atomic mass is 32.2. The summed E-state index contributed by atoms with van der Waals surface area (Å²) in [6.07, 6.45) is 5.06. The first-order valence-electron chi connectivity index (χ1n) is 7.39. The van der Waals surface area contributed by atoms with E-state index in [0.717, 1.165) is 25.9 Å². The fourth-order valence-corrected chi connectivity index (χ4v) is 3.74. The number of hydrogen-bond donors (Lipinski definition) is 2. The Kier molecular flexibility index (Phi) is 5.55. The first-order chi connectivity index (χ1) is 10.0. The van der Waals surface area contributed by atoms with Gasteiger partial charge in [0, 0.05) is 25.5 Å². The second kappa shape index (κ2) is 7.20. The van der Waals surface area contributed by atoms with E-state index < -0.39 is 10.0 Å². The van der Waals surface area contributed by atoms with E-state index in [1.165, 1.54) is 6.20 Å². The number of nitrogens with one attached hydrogen (secondary N) is 2. The van der Waals surface area contributed by atoms with E-state index in [9.17, 15) is 8.42 Å². The maximum absolute atomic E-state index is 12.4. The maximum Gasteiger partial charge on any atom is 0.244 e. The van der Waals surface area contributed by atoms with Crippen molar-refractivity contribution < 1.29 is 8.42 Å². The number of aromatic nitrogens is 1. The average Bonchev–Trinajstić information content (AvgIpc) is 2.47. The van der Waals surface area contributed by atoms with Crippen molar-refractivity contribution in [3.63, 3.8) is 0 Å². The Hall–Kier alpha value is -1.18. The van der Waals surface area contributed by atoms with Crippen LogP contribution in [-0.2, 0) is 10.0 Å². The first kappa shape index (κ1) is 16.2. The third-order valence-corrected chi connectivity index (χ3v) is 5.29. The van der Waals surface area contributed by atoms with Gasteiger partial charge in [0.15, 0.2) is 0 Å². The second-order valence-electron chi connectivity index (χ2n) is 5.50. The molecular formula is C14H24N4O2S. The van der Waals surface area contributed by atoms with Crippen LogP contribution in [0.1, 0.15) is 19.8 Å². The highest BCUT2D eigenvalue weighted by molar-refractivity contribution is 7.89. The number of anilines is 1. The molecule has 0 amide bonds. The molecule has 7 heteroatoms. The minimum Gasteiger partial charge on any atom is -0.384 e. The van der Waals surface area contributed by atoms with E-state index in [4.69, 9.17) is 0 Å². The van der Waals surface area contributed by atoms with Crippen molar-refractivity contribution >= 4 is 15.7 Å². The van der Waals surface area contributed by atoms with Crippen molar-refractivity contribution in [2.45, 2.75) is 24.7 Å². The van der Waals surface area contributed by atoms with Gasteiger partial charge in [0.1, 0.15) is 4.90 Å². The summed E-state index contributed by atoms with van der Waals surface area (Å²) in [5, 5.41) is 3.06. The largest absolute Gasteiger partial charge is 0.384 e. The predicted octanol–water partition coefficient (Wildman–Crippen LogP) is 1.13. The van der Waals surface area contributed by atoms with Gasteiger partial charge in [-0.3, -0.25) is 4.98 Å². The zero-order valence-electron chi connectivity index (χ0n) is 12.7. The predicted molar refractivity (Wildman–Crippen MR) is 83.8 cm³/mol. The quantitative estimate of drug-likeness (QED) is 0.824. The molecule has 0 atom stereocenters. The lowest BCUT2D eigenvalue weighted by Crippen LogP contribution is -2.37. The highest BCUT2D eigenvalue weighted by Crippen LogP contribution is 2.20. The molecule has 1 aromatic heterocycles. The SMILES string of the molecule is CCNc1ccncc1S(=O)(=O)NCC1CCN(C)CC1. The molecule has 21 heavy (non-hydrogen) atoms. The van der Waals surface area contributed by atoms with E-state index in [0.29, 0.717) is 24.7 Å². The minimum atomic E-state index is -3.51. The summed E-state index contributed by atoms with van der Waals surface area (Å²) in [7, 11) is -1.42. The van der Waals surface area contributed by atoms with Gasteiger partial charge in [0.05, 0.1) is 5.69 Å². The molecular weight excluding hydrogens is 288 g/mol. The molecule has 118 valence electrons. The van der Waals surface area contributed by atoms with Crippen LogP contribution in [0.25, 0.3) is 0 Å². The molecule has 1 aliphatic rings. The molecule has 6 nitrogen and oxygen atoms in total. The standard InChI is InChI=1S/C14H24N4O2S/c1-3-16-13-4-7-15-11-14(13)21(19,20)17-10-12-5-8-18(2)9-6-12/h4,7,11-12,17H,3,5-6,8-10H2,1-2H3,(H,15,16). The third-order valence-electron chi connectivity index (χ3n) is 3.84. The molecule has 2 heterocycles. The summed E-state index contributed by atoms with van der Waals surface area (Å²) < 4.78 is 27.6. The minimum absolute atomic E-state index is 0.222. The lowest BCUT2D eigenvalue weighted by molar-refractivity contribution is 0.220. The van der Waals surface area contributed by atoms with E-state index in [-0.39, 0.29) is 4.90 Å². The molecule has 0 spiro atoms. The fourth-order valence-electron chi connectivity index (χ4n) is 2.50. The lowest BCUT2D eigenvalue weighted by Gasteiger charge is -2.28. The third kappa shape index (κ3) is 4.39. The Morgan fingerprint density at radius 3 is 2.76 bits per heavy atom. The molecule has 2 N–H and O–H groups in total. The summed E-state index contributed by atoms with van der Waals surface area (Å²) in [5.74, 6) is 0.412. The topological polar surface area (TPSA) is 74.3 Å². The number of hydrogen-bond acceptors (Lipinski definition) is 5. The van der Waals surface area contributed by atoms with Crippen LogP contribution in [0.5, 0.6) is 0 Å². The zero-order valence-corrected chi connectivity index (χ0v) is 13.5. The lowest BCUT2D eigenvalue weighted by atomic mass is 9.98. The van der Waals surface area contributed by atoms with E-state index in [2.05, 4.69) is 27.0 Å². The van der Waals surface area contributed by atoms with Crippen LogP contribution >= 0.6 is 0 Å². The van der Waals surface area contributed by atoms with Crippen molar-refractivity contribution in [2.24, 2.45) is 5.92 Å². The summed E-state index contributed by atoms with van der Waals surface area (Å²) in [5.41, 5.74) is 0.600. The number of likely N-dealkylation sites (tertiary alicyclic amines) is 1. The van der Waals surface area contributed by atoms with Gasteiger partial charge in [0.25, 0.3) is 0 Å². The summed E-state index contributed by atoms with van der Waals surface area (Å²) >= 11 is 0. The van der Waals surface area contributed by atoms with Crippen LogP contribution < -0.4 is 10.0 Å². The van der Waals surface area contributed by atoms with Crippen molar-refractivity contribution in [3.05, 3.63) is 18.5 Å². The maximum atomic E-state index is 12.4. The average molecular weight is 312 g/mol. The molecule has 2 rings (SSSR count). The number of nitrogens with zero attached hydrogens (tertiary/aromatic N) is 2. The van der Waals surface area contributed by atoms with Gasteiger partial charge >= 0.3 is 0 Å². The molecule has 0 unspecified atom stereocenters. The van der Waals surface area contributed by atoms with Crippen LogP contribution in [0.3, 0.4) is 0 Å². The second-order valence-corrected chi connectivity index (χ2v) is 7.24. The molecule has 1 aliphatic heterocycles. The number of sulfonamides is 1. The van der Waals surface area contributed by atoms with Gasteiger partial charge in [-0.2, -0.15) is 0 Å². The number of pyridine rings is 1. The molecule has 1 fully saturated rings. The van der Waals surface area contributed by atoms with Crippen LogP contribution in [0.2, 0.25) is 0 Å². The molecule has 0 saturated carbocycles. The smallest absolute Gasteiger partial charge is 0.244 e. The summed E-state index contributed by atoms with van der Waals surface area (Å²) in [6, 6.07) is 1.69. The van der Waals surface area contributed by atoms with Gasteiger partial charge in [0.2, 0.25) is 10.0 Å². The van der Waals surface area contributed by atoms with Crippen molar-refractivity contribution in [2.75, 3.05) is 38.5 Å². The van der Waals surface area contributed by atoms with Crippen LogP contribution in [0.15, 0.2) is 23.4 Å². The Labute approximate surface area is 127 Å². The van der Waals surface area contributed by atoms with Crippen LogP contribution in [0, 0.1) is 5.92 Å². The normalized spacial score (nSPS) is 17.8. The first-order valence-corrected chi connectivity index (χ1v) is 8.87. The fraction of sp³-hybridized carbons (Fsp3) is 0.643. The van der Waals surface area contributed by atoms with Crippen molar-refractivity contribution in [1.82, 2.24) is 14.6 Å². The van der Waals surface area contributed by atoms with Crippen molar-refractivity contribution in [1.29, 1.82) is 0 Å². The molecule has 1 saturated heterocycles. The van der Waals surface area contributed by atoms with Gasteiger partial charge in [-0.05, 0) is 51.9 Å². The molecule has 0 aliphatic carbocycles. The van der Waals surface area contributed by atoms with Gasteiger partial charge in [-0.15, -0.1) is 0 Å². The van der Waals surface area contributed by atoms with Gasteiger partial charge in [-0.1, -0.05) is 0 Å². The Balaban J connectivity index is 2.01. The molecule has 0 aromatic carbocycles. The number of piperidine rings is 1. The van der Waals surface area contributed by atoms with E-state index >= 15 is 0 Å². The van der Waals surface area contributed by atoms with E-state index in [1.54, 1.807) is 12.3 Å². The molecule has 1 aromatic rings. The summed E-state index contributed by atoms with van der Waals surface area (Å²) in [6.45, 7) is 5.16. The monoisotopic (exact) mass is 312 g/mol. The molecule has 0 bridgehead atoms. The zero-order chi connectivity index (χ0) is 15.3. The van der Waals surface area contributed by atoms with Crippen molar-refractivity contribution in [3.8, 4) is 0 Å². The van der Waals surface area contributed by atoms with Crippen LogP contribution in [0.4, 0.5) is 5.69 Å². The van der Waals surface area contributed by atoms with Gasteiger partial charge < -0.3 is 10.2 Å². The highest BCUT2D eigenvalue weighted by Gasteiger charge is 2.22. The summed E-state index contributed by atoms with van der Waals surface area (Å²) in [4.78, 5) is 6.43.